The van der Waals surface area contributed by atoms with Gasteiger partial charge in [0.25, 0.3) is 0 Å². The van der Waals surface area contributed by atoms with Crippen molar-refractivity contribution in [2.24, 2.45) is 7.05 Å². The molecule has 2 aromatic heterocycles. The molecule has 0 unspecified atom stereocenters. The molecule has 1 saturated heterocycles. The SMILES string of the molecule is Cc1cn(C)c([C@@H]2CCN(Cc3scnc3C)C2)n1. The zero-order chi connectivity index (χ0) is 13.4. The van der Waals surface area contributed by atoms with Gasteiger partial charge in [0, 0.05) is 37.1 Å². The third-order valence-electron chi connectivity index (χ3n) is 3.88. The maximum absolute atomic E-state index is 4.67. The van der Waals surface area contributed by atoms with Crippen LogP contribution in [-0.4, -0.2) is 32.5 Å². The molecule has 3 heterocycles. The Hall–Kier alpha value is -1.20. The summed E-state index contributed by atoms with van der Waals surface area (Å²) in [6, 6.07) is 0. The molecule has 0 amide bonds. The van der Waals surface area contributed by atoms with Crippen LogP contribution < -0.4 is 0 Å². The van der Waals surface area contributed by atoms with Crippen molar-refractivity contribution in [3.8, 4) is 0 Å². The first kappa shape index (κ1) is 12.8. The zero-order valence-electron chi connectivity index (χ0n) is 11.8. The molecule has 0 radical (unpaired) electrons. The van der Waals surface area contributed by atoms with Crippen molar-refractivity contribution in [1.29, 1.82) is 0 Å². The molecule has 0 N–H and O–H groups in total. The quantitative estimate of drug-likeness (QED) is 0.863. The van der Waals surface area contributed by atoms with Gasteiger partial charge in [-0.15, -0.1) is 11.3 Å². The summed E-state index contributed by atoms with van der Waals surface area (Å²) in [4.78, 5) is 12.9. The predicted octanol–water partition coefficient (Wildman–Crippen LogP) is 2.48. The van der Waals surface area contributed by atoms with Gasteiger partial charge in [0.15, 0.2) is 0 Å². The second-order valence-corrected chi connectivity index (χ2v) is 6.37. The smallest absolute Gasteiger partial charge is 0.113 e. The second kappa shape index (κ2) is 5.06. The number of hydrogen-bond acceptors (Lipinski definition) is 4. The molecule has 5 heteroatoms. The van der Waals surface area contributed by atoms with E-state index in [4.69, 9.17) is 0 Å². The highest BCUT2D eigenvalue weighted by atomic mass is 32.1. The van der Waals surface area contributed by atoms with Crippen molar-refractivity contribution >= 4 is 11.3 Å². The number of likely N-dealkylation sites (tertiary alicyclic amines) is 1. The van der Waals surface area contributed by atoms with Gasteiger partial charge in [0.2, 0.25) is 0 Å². The Bertz CT molecular complexity index is 572. The lowest BCUT2D eigenvalue weighted by molar-refractivity contribution is 0.327. The number of nitrogens with zero attached hydrogens (tertiary/aromatic N) is 4. The molecule has 3 rings (SSSR count). The van der Waals surface area contributed by atoms with E-state index in [9.17, 15) is 0 Å². The molecule has 1 aliphatic heterocycles. The summed E-state index contributed by atoms with van der Waals surface area (Å²) in [7, 11) is 2.10. The standard InChI is InChI=1S/C14H20N4S/c1-10-6-17(3)14(16-10)12-4-5-18(7-12)8-13-11(2)15-9-19-13/h6,9,12H,4-5,7-8H2,1-3H3/t12-/m1/s1. The maximum atomic E-state index is 4.67. The van der Waals surface area contributed by atoms with Crippen molar-refractivity contribution in [2.75, 3.05) is 13.1 Å². The molecule has 0 aromatic carbocycles. The lowest BCUT2D eigenvalue weighted by Gasteiger charge is -2.15. The summed E-state index contributed by atoms with van der Waals surface area (Å²) in [5.41, 5.74) is 4.25. The third kappa shape index (κ3) is 2.58. The van der Waals surface area contributed by atoms with Gasteiger partial charge >= 0.3 is 0 Å². The topological polar surface area (TPSA) is 34.0 Å². The van der Waals surface area contributed by atoms with E-state index in [1.807, 2.05) is 5.51 Å². The molecule has 0 aliphatic carbocycles. The minimum atomic E-state index is 0.576. The minimum absolute atomic E-state index is 0.576. The Morgan fingerprint density at radius 3 is 2.89 bits per heavy atom. The van der Waals surface area contributed by atoms with Gasteiger partial charge in [-0.2, -0.15) is 0 Å². The van der Waals surface area contributed by atoms with Crippen LogP contribution in [0, 0.1) is 13.8 Å². The molecule has 1 fully saturated rings. The average molecular weight is 276 g/mol. The summed E-state index contributed by atoms with van der Waals surface area (Å²) < 4.78 is 2.18. The van der Waals surface area contributed by atoms with Crippen molar-refractivity contribution in [2.45, 2.75) is 32.7 Å². The number of aryl methyl sites for hydroxylation is 3. The Kier molecular flexibility index (Phi) is 3.41. The number of thiazole rings is 1. The van der Waals surface area contributed by atoms with Crippen LogP contribution in [0.2, 0.25) is 0 Å². The van der Waals surface area contributed by atoms with E-state index in [0.29, 0.717) is 5.92 Å². The third-order valence-corrected chi connectivity index (χ3v) is 4.80. The van der Waals surface area contributed by atoms with E-state index in [1.54, 1.807) is 11.3 Å². The molecule has 1 aliphatic rings. The van der Waals surface area contributed by atoms with Crippen molar-refractivity contribution < 1.29 is 0 Å². The lowest BCUT2D eigenvalue weighted by Crippen LogP contribution is -2.20. The Labute approximate surface area is 118 Å². The van der Waals surface area contributed by atoms with Crippen molar-refractivity contribution in [1.82, 2.24) is 19.4 Å². The molecule has 0 spiro atoms. The van der Waals surface area contributed by atoms with Gasteiger partial charge in [-0.05, 0) is 26.8 Å². The van der Waals surface area contributed by atoms with E-state index in [0.717, 1.165) is 25.3 Å². The monoisotopic (exact) mass is 276 g/mol. The van der Waals surface area contributed by atoms with Crippen LogP contribution >= 0.6 is 11.3 Å². The van der Waals surface area contributed by atoms with E-state index in [1.165, 1.54) is 22.8 Å². The average Bonchev–Trinajstić information content (AvgIpc) is 3.03. The maximum Gasteiger partial charge on any atom is 0.113 e. The summed E-state index contributed by atoms with van der Waals surface area (Å²) in [5, 5.41) is 0. The fourth-order valence-electron chi connectivity index (χ4n) is 2.88. The highest BCUT2D eigenvalue weighted by Crippen LogP contribution is 2.28. The highest BCUT2D eigenvalue weighted by molar-refractivity contribution is 7.09. The van der Waals surface area contributed by atoms with Crippen LogP contribution in [0.25, 0.3) is 0 Å². The second-order valence-electron chi connectivity index (χ2n) is 5.43. The van der Waals surface area contributed by atoms with Gasteiger partial charge < -0.3 is 4.57 Å². The van der Waals surface area contributed by atoms with Gasteiger partial charge in [0.05, 0.1) is 16.9 Å². The van der Waals surface area contributed by atoms with E-state index in [2.05, 4.69) is 46.5 Å². The van der Waals surface area contributed by atoms with Gasteiger partial charge in [-0.1, -0.05) is 0 Å². The molecule has 2 aromatic rings. The largest absolute Gasteiger partial charge is 0.337 e. The van der Waals surface area contributed by atoms with E-state index in [-0.39, 0.29) is 0 Å². The Morgan fingerprint density at radius 2 is 2.26 bits per heavy atom. The number of hydrogen-bond donors (Lipinski definition) is 0. The first-order valence-corrected chi connectivity index (χ1v) is 7.62. The van der Waals surface area contributed by atoms with Gasteiger partial charge in [0.1, 0.15) is 5.82 Å². The molecule has 0 saturated carbocycles. The number of rotatable bonds is 3. The molecule has 19 heavy (non-hydrogen) atoms. The molecular formula is C14H20N4S. The van der Waals surface area contributed by atoms with Gasteiger partial charge in [-0.3, -0.25) is 4.90 Å². The fourth-order valence-corrected chi connectivity index (χ4v) is 3.70. The van der Waals surface area contributed by atoms with Crippen molar-refractivity contribution in [3.63, 3.8) is 0 Å². The summed E-state index contributed by atoms with van der Waals surface area (Å²) in [5.74, 6) is 1.81. The van der Waals surface area contributed by atoms with Crippen LogP contribution in [-0.2, 0) is 13.6 Å². The Morgan fingerprint density at radius 1 is 1.42 bits per heavy atom. The lowest BCUT2D eigenvalue weighted by atomic mass is 10.1. The van der Waals surface area contributed by atoms with E-state index < -0.39 is 0 Å². The molecule has 0 bridgehead atoms. The van der Waals surface area contributed by atoms with Crippen LogP contribution in [0.1, 0.15) is 34.4 Å². The number of aromatic nitrogens is 3. The first-order chi connectivity index (χ1) is 9.13. The Balaban J connectivity index is 1.67. The van der Waals surface area contributed by atoms with E-state index >= 15 is 0 Å². The summed E-state index contributed by atoms with van der Waals surface area (Å²) in [6.45, 7) is 7.48. The number of imidazole rings is 1. The fraction of sp³-hybridized carbons (Fsp3) is 0.571. The van der Waals surface area contributed by atoms with Crippen LogP contribution in [0.4, 0.5) is 0 Å². The minimum Gasteiger partial charge on any atom is -0.337 e. The van der Waals surface area contributed by atoms with Crippen LogP contribution in [0.5, 0.6) is 0 Å². The van der Waals surface area contributed by atoms with Crippen LogP contribution in [0.3, 0.4) is 0 Å². The molecular weight excluding hydrogens is 256 g/mol. The first-order valence-electron chi connectivity index (χ1n) is 6.74. The molecule has 1 atom stereocenters. The molecule has 4 nitrogen and oxygen atoms in total. The predicted molar refractivity (Wildman–Crippen MR) is 77.4 cm³/mol. The molecule has 102 valence electrons. The van der Waals surface area contributed by atoms with Crippen LogP contribution in [0.15, 0.2) is 11.7 Å². The highest BCUT2D eigenvalue weighted by Gasteiger charge is 2.27. The summed E-state index contributed by atoms with van der Waals surface area (Å²) in [6.07, 6.45) is 3.33. The zero-order valence-corrected chi connectivity index (χ0v) is 12.6. The normalized spacial score (nSPS) is 20.3. The van der Waals surface area contributed by atoms with Crippen molar-refractivity contribution in [3.05, 3.63) is 33.8 Å². The van der Waals surface area contributed by atoms with Gasteiger partial charge in [-0.25, -0.2) is 9.97 Å². The summed E-state index contributed by atoms with van der Waals surface area (Å²) >= 11 is 1.77.